The van der Waals surface area contributed by atoms with Gasteiger partial charge < -0.3 is 29.7 Å². The van der Waals surface area contributed by atoms with E-state index in [1.54, 1.807) is 30.1 Å². The fraction of sp³-hybridized carbons (Fsp3) is 0.487. The van der Waals surface area contributed by atoms with Crippen LogP contribution in [0.3, 0.4) is 0 Å². The average Bonchev–Trinajstić information content (AvgIpc) is 3.47. The van der Waals surface area contributed by atoms with E-state index in [9.17, 15) is 19.5 Å². The maximum absolute atomic E-state index is 15.0. The number of rotatable bonds is 6. The van der Waals surface area contributed by atoms with E-state index in [0.29, 0.717) is 18.4 Å². The topological polar surface area (TPSA) is 125 Å². The monoisotopic (exact) mass is 669 g/mol. The zero-order valence-corrected chi connectivity index (χ0v) is 28.9. The molecule has 0 radical (unpaired) electrons. The number of hydrogen-bond acceptors (Lipinski definition) is 7. The molecule has 0 bridgehead atoms. The maximum Gasteiger partial charge on any atom is 0.313 e. The lowest BCUT2D eigenvalue weighted by Crippen LogP contribution is -2.59. The molecule has 4 heterocycles. The first-order chi connectivity index (χ1) is 23.5. The van der Waals surface area contributed by atoms with Crippen molar-refractivity contribution in [3.63, 3.8) is 0 Å². The molecule has 49 heavy (non-hydrogen) atoms. The number of esters is 1. The molecule has 3 amide bonds. The number of hydrogen-bond donors (Lipinski definition) is 2. The number of carbonyl (C=O) groups is 4. The normalized spacial score (nSPS) is 32.1. The number of carbonyl (C=O) groups excluding carboxylic acids is 4. The van der Waals surface area contributed by atoms with Crippen LogP contribution in [-0.2, 0) is 28.7 Å². The predicted octanol–water partition coefficient (Wildman–Crippen LogP) is 4.33. The number of aliphatic hydroxyl groups excluding tert-OH is 1. The maximum atomic E-state index is 15.0. The van der Waals surface area contributed by atoms with Gasteiger partial charge in [-0.05, 0) is 55.9 Å². The van der Waals surface area contributed by atoms with Crippen molar-refractivity contribution in [2.24, 2.45) is 17.8 Å². The number of fused-ring (bicyclic) bond motifs is 2. The summed E-state index contributed by atoms with van der Waals surface area (Å²) in [7, 11) is 0. The van der Waals surface area contributed by atoms with Gasteiger partial charge in [-0.25, -0.2) is 0 Å². The second kappa shape index (κ2) is 13.9. The summed E-state index contributed by atoms with van der Waals surface area (Å²) >= 11 is 0. The van der Waals surface area contributed by atoms with Crippen molar-refractivity contribution in [2.45, 2.75) is 89.8 Å². The van der Waals surface area contributed by atoms with Gasteiger partial charge in [0.1, 0.15) is 23.7 Å². The van der Waals surface area contributed by atoms with Gasteiger partial charge in [-0.3, -0.25) is 19.2 Å². The lowest BCUT2D eigenvalue weighted by molar-refractivity contribution is -0.162. The fourth-order valence-electron chi connectivity index (χ4n) is 8.04. The molecule has 0 unspecified atom stereocenters. The summed E-state index contributed by atoms with van der Waals surface area (Å²) in [5.41, 5.74) is 1.80. The van der Waals surface area contributed by atoms with Gasteiger partial charge in [-0.15, -0.1) is 0 Å². The molecule has 260 valence electrons. The molecule has 2 aromatic carbocycles. The molecule has 9 atom stereocenters. The van der Waals surface area contributed by atoms with Gasteiger partial charge in [0.2, 0.25) is 11.8 Å². The molecule has 0 aliphatic carbocycles. The Bertz CT molecular complexity index is 1660. The molecule has 2 N–H and O–H groups in total. The van der Waals surface area contributed by atoms with E-state index in [1.165, 1.54) is 4.90 Å². The van der Waals surface area contributed by atoms with Crippen LogP contribution in [-0.4, -0.2) is 76.7 Å². The van der Waals surface area contributed by atoms with Crippen molar-refractivity contribution in [3.8, 4) is 0 Å². The van der Waals surface area contributed by atoms with Crippen LogP contribution in [0.5, 0.6) is 0 Å². The van der Waals surface area contributed by atoms with Crippen LogP contribution >= 0.6 is 0 Å². The third-order valence-corrected chi connectivity index (χ3v) is 10.8. The summed E-state index contributed by atoms with van der Waals surface area (Å²) in [6, 6.07) is 12.7. The zero-order valence-electron chi connectivity index (χ0n) is 28.9. The Morgan fingerprint density at radius 2 is 1.80 bits per heavy atom. The average molecular weight is 670 g/mol. The van der Waals surface area contributed by atoms with Gasteiger partial charge in [0.15, 0.2) is 0 Å². The third-order valence-electron chi connectivity index (χ3n) is 10.8. The van der Waals surface area contributed by atoms with Crippen molar-refractivity contribution in [1.82, 2.24) is 10.2 Å². The van der Waals surface area contributed by atoms with Gasteiger partial charge in [0.05, 0.1) is 30.7 Å². The second-order valence-corrected chi connectivity index (χ2v) is 14.0. The minimum Gasteiger partial charge on any atom is -0.455 e. The molecule has 6 rings (SSSR count). The zero-order chi connectivity index (χ0) is 35.0. The minimum atomic E-state index is -1.51. The van der Waals surface area contributed by atoms with Gasteiger partial charge in [0, 0.05) is 18.7 Å². The third kappa shape index (κ3) is 6.10. The van der Waals surface area contributed by atoms with Gasteiger partial charge >= 0.3 is 5.97 Å². The van der Waals surface area contributed by atoms with E-state index in [4.69, 9.17) is 9.47 Å². The molecule has 2 aromatic rings. The Kier molecular flexibility index (Phi) is 9.82. The molecule has 0 aromatic heterocycles. The molecule has 1 spiro atoms. The standard InChI is InChI=1S/C39H47N3O7/c1-6-24(3)29(22-43)42-35-37(46)41(28-21-23(2)17-18-25(28)4)20-12-19-39(35)33(36(42)45)32-30(49-39)15-10-11-16-31(44)40-26(5)34(48-38(32)47)27-13-8-7-9-14-27/h7-10,12-15,17-19,21,24,26,29-30,32-35,43H,6,11,16,20,22H2,1-5H3,(H,40,44)/b15-10-/t24-,26+,29-,30+,32-,33-,34-,35+,39-/m0/s1. The number of aryl methyl sites for hydroxylation is 2. The number of benzene rings is 2. The lowest BCUT2D eigenvalue weighted by atomic mass is 9.77. The number of allylic oxidation sites excluding steroid dienone is 1. The van der Waals surface area contributed by atoms with E-state index in [1.807, 2.05) is 82.3 Å². The molecule has 0 saturated carbocycles. The Morgan fingerprint density at radius 3 is 2.51 bits per heavy atom. The first-order valence-electron chi connectivity index (χ1n) is 17.4. The van der Waals surface area contributed by atoms with Crippen LogP contribution in [0.15, 0.2) is 72.8 Å². The smallest absolute Gasteiger partial charge is 0.313 e. The molecule has 2 fully saturated rings. The Balaban J connectivity index is 1.49. The summed E-state index contributed by atoms with van der Waals surface area (Å²) in [4.78, 5) is 60.5. The highest BCUT2D eigenvalue weighted by Crippen LogP contribution is 2.54. The second-order valence-electron chi connectivity index (χ2n) is 14.0. The number of likely N-dealkylation sites (tertiary alicyclic amines) is 1. The highest BCUT2D eigenvalue weighted by Gasteiger charge is 2.73. The van der Waals surface area contributed by atoms with Crippen molar-refractivity contribution in [2.75, 3.05) is 18.1 Å². The van der Waals surface area contributed by atoms with E-state index < -0.39 is 59.6 Å². The van der Waals surface area contributed by atoms with Gasteiger partial charge in [0.25, 0.3) is 5.91 Å². The Morgan fingerprint density at radius 1 is 1.04 bits per heavy atom. The number of nitrogens with one attached hydrogen (secondary N) is 1. The largest absolute Gasteiger partial charge is 0.455 e. The molecule has 10 nitrogen and oxygen atoms in total. The highest BCUT2D eigenvalue weighted by molar-refractivity contribution is 6.06. The van der Waals surface area contributed by atoms with Crippen LogP contribution < -0.4 is 10.2 Å². The van der Waals surface area contributed by atoms with Crippen LogP contribution in [0.25, 0.3) is 0 Å². The molecule has 10 heteroatoms. The van der Waals surface area contributed by atoms with E-state index in [2.05, 4.69) is 5.32 Å². The summed E-state index contributed by atoms with van der Waals surface area (Å²) in [6.07, 6.45) is 6.70. The SMILES string of the molecule is CC[C@H](C)[C@H](CO)N1C(=O)[C@@H]2[C@H]3C(=O)O[C@H](c4ccccc4)[C@@H](C)NC(=O)CC/C=C\[C@H]3O[C@@]23C=CCN(c2cc(C)ccc2C)C(=O)[C@@H]13. The number of aliphatic hydroxyl groups is 1. The first kappa shape index (κ1) is 34.6. The molecule has 4 aliphatic rings. The Hall–Kier alpha value is -4.28. The van der Waals surface area contributed by atoms with E-state index >= 15 is 4.79 Å². The first-order valence-corrected chi connectivity index (χ1v) is 17.4. The summed E-state index contributed by atoms with van der Waals surface area (Å²) in [6.45, 7) is 9.51. The van der Waals surface area contributed by atoms with Crippen molar-refractivity contribution < 1.29 is 33.8 Å². The minimum absolute atomic E-state index is 0.148. The van der Waals surface area contributed by atoms with Crippen LogP contribution in [0.2, 0.25) is 0 Å². The van der Waals surface area contributed by atoms with Crippen LogP contribution in [0.1, 0.15) is 62.8 Å². The van der Waals surface area contributed by atoms with E-state index in [0.717, 1.165) is 16.8 Å². The molecular weight excluding hydrogens is 622 g/mol. The van der Waals surface area contributed by atoms with Crippen LogP contribution in [0.4, 0.5) is 5.69 Å². The number of cyclic esters (lactones) is 1. The molecule has 4 aliphatic heterocycles. The van der Waals surface area contributed by atoms with E-state index in [-0.39, 0.29) is 37.3 Å². The number of ether oxygens (including phenoxy) is 2. The summed E-state index contributed by atoms with van der Waals surface area (Å²) in [5.74, 6) is -3.92. The van der Waals surface area contributed by atoms with Crippen molar-refractivity contribution >= 4 is 29.4 Å². The lowest BCUT2D eigenvalue weighted by Gasteiger charge is -2.40. The Labute approximate surface area is 288 Å². The van der Waals surface area contributed by atoms with Crippen molar-refractivity contribution in [3.05, 3.63) is 89.5 Å². The van der Waals surface area contributed by atoms with Gasteiger partial charge in [-0.1, -0.05) is 87.0 Å². The van der Waals surface area contributed by atoms with Crippen molar-refractivity contribution in [1.29, 1.82) is 0 Å². The quantitative estimate of drug-likeness (QED) is 0.347. The summed E-state index contributed by atoms with van der Waals surface area (Å²) < 4.78 is 13.2. The number of nitrogens with zero attached hydrogens (tertiary/aromatic N) is 2. The van der Waals surface area contributed by atoms with Gasteiger partial charge in [-0.2, -0.15) is 0 Å². The number of anilines is 1. The number of amides is 3. The molecule has 2 saturated heterocycles. The molecular formula is C39H47N3O7. The highest BCUT2D eigenvalue weighted by atomic mass is 16.6. The fourth-order valence-corrected chi connectivity index (χ4v) is 8.04. The van der Waals surface area contributed by atoms with Crippen LogP contribution in [0, 0.1) is 31.6 Å². The predicted molar refractivity (Wildman–Crippen MR) is 184 cm³/mol. The summed E-state index contributed by atoms with van der Waals surface area (Å²) in [5, 5.41) is 13.7.